The summed E-state index contributed by atoms with van der Waals surface area (Å²) in [5.41, 5.74) is 0.219. The number of carbonyl (C=O) groups excluding carboxylic acids is 1. The molecule has 236 valence electrons. The van der Waals surface area contributed by atoms with Crippen LogP contribution in [0.2, 0.25) is 0 Å². The molecule has 2 saturated heterocycles. The Bertz CT molecular complexity index is 1290. The van der Waals surface area contributed by atoms with Crippen molar-refractivity contribution in [2.45, 2.75) is 66.0 Å². The lowest BCUT2D eigenvalue weighted by molar-refractivity contribution is -0.0338. The van der Waals surface area contributed by atoms with E-state index in [0.29, 0.717) is 36.8 Å². The number of nitrogens with zero attached hydrogens (tertiary/aromatic N) is 6. The van der Waals surface area contributed by atoms with Gasteiger partial charge in [0.1, 0.15) is 11.6 Å². The summed E-state index contributed by atoms with van der Waals surface area (Å²) < 4.78 is 20.5. The fourth-order valence-electron chi connectivity index (χ4n) is 6.31. The van der Waals surface area contributed by atoms with Crippen molar-refractivity contribution in [3.8, 4) is 11.6 Å². The molecular formula is C30H45FN8O4. The Labute approximate surface area is 253 Å². The highest BCUT2D eigenvalue weighted by molar-refractivity contribution is 5.97. The quantitative estimate of drug-likeness (QED) is 0.286. The van der Waals surface area contributed by atoms with Gasteiger partial charge >= 0.3 is 6.09 Å². The first-order chi connectivity index (χ1) is 20.5. The van der Waals surface area contributed by atoms with Gasteiger partial charge in [-0.1, -0.05) is 13.8 Å². The van der Waals surface area contributed by atoms with Gasteiger partial charge in [-0.2, -0.15) is 4.98 Å². The molecule has 1 aromatic carbocycles. The number of carboxylic acid groups (broad SMARTS) is 1. The van der Waals surface area contributed by atoms with Crippen molar-refractivity contribution in [1.82, 2.24) is 30.3 Å². The molecule has 2 fully saturated rings. The minimum absolute atomic E-state index is 0.0694. The normalized spacial score (nSPS) is 16.8. The van der Waals surface area contributed by atoms with Crippen LogP contribution in [-0.2, 0) is 0 Å². The number of nitrogens with one attached hydrogen (secondary N) is 2. The number of likely N-dealkylation sites (tertiary alicyclic amines) is 1. The van der Waals surface area contributed by atoms with E-state index in [1.165, 1.54) is 18.2 Å². The van der Waals surface area contributed by atoms with Crippen LogP contribution in [0.4, 0.5) is 21.0 Å². The molecule has 3 N–H and O–H groups in total. The number of anilines is 2. The van der Waals surface area contributed by atoms with E-state index in [4.69, 9.17) is 9.84 Å². The molecule has 1 atom stereocenters. The van der Waals surface area contributed by atoms with Crippen molar-refractivity contribution in [2.75, 3.05) is 56.5 Å². The van der Waals surface area contributed by atoms with E-state index in [9.17, 15) is 14.0 Å². The molecule has 0 radical (unpaired) electrons. The summed E-state index contributed by atoms with van der Waals surface area (Å²) >= 11 is 0. The van der Waals surface area contributed by atoms with E-state index in [1.807, 2.05) is 20.8 Å². The molecule has 13 heteroatoms. The number of carbonyl (C=O) groups is 2. The van der Waals surface area contributed by atoms with Gasteiger partial charge in [0.25, 0.3) is 11.8 Å². The first kappa shape index (κ1) is 32.2. The van der Waals surface area contributed by atoms with Crippen LogP contribution in [0.25, 0.3) is 0 Å². The topological polar surface area (TPSA) is 136 Å². The van der Waals surface area contributed by atoms with Crippen molar-refractivity contribution in [1.29, 1.82) is 0 Å². The maximum absolute atomic E-state index is 14.3. The van der Waals surface area contributed by atoms with E-state index in [1.54, 1.807) is 11.9 Å². The largest absolute Gasteiger partial charge is 0.465 e. The SMILES string of the molecule is CCN(C(=O)c1cc(F)ccc1Oc1nnc(NC)nc1N1CCC2(C1)CN(C(CCCNC(=O)O)C(C)C)C2)C(C)C. The number of benzene rings is 1. The van der Waals surface area contributed by atoms with Crippen molar-refractivity contribution >= 4 is 23.8 Å². The second kappa shape index (κ2) is 13.7. The standard InChI is InChI=1S/C30H45FN8O4/c1-7-39(20(4)5)27(40)22-15-21(31)10-11-24(22)43-26-25(34-28(32-6)36-35-26)37-14-12-30(16-37)17-38(18-30)23(19(2)3)9-8-13-33-29(41)42/h10-11,15,19-20,23,33H,7-9,12-14,16-18H2,1-6H3,(H,41,42)(H,32,34,36). The summed E-state index contributed by atoms with van der Waals surface area (Å²) in [5, 5.41) is 22.7. The third kappa shape index (κ3) is 7.43. The Balaban J connectivity index is 1.51. The van der Waals surface area contributed by atoms with Crippen LogP contribution in [0.5, 0.6) is 11.6 Å². The lowest BCUT2D eigenvalue weighted by atomic mass is 9.76. The molecule has 2 aliphatic rings. The van der Waals surface area contributed by atoms with Gasteiger partial charge in [-0.05, 0) is 64.2 Å². The molecule has 2 aromatic rings. The van der Waals surface area contributed by atoms with E-state index in [-0.39, 0.29) is 34.6 Å². The van der Waals surface area contributed by atoms with Gasteiger partial charge in [0.05, 0.1) is 5.56 Å². The predicted octanol–water partition coefficient (Wildman–Crippen LogP) is 4.30. The number of ether oxygens (including phenoxy) is 1. The number of rotatable bonds is 13. The van der Waals surface area contributed by atoms with Gasteiger partial charge < -0.3 is 30.3 Å². The highest BCUT2D eigenvalue weighted by Gasteiger charge is 2.50. The third-order valence-electron chi connectivity index (χ3n) is 8.47. The van der Waals surface area contributed by atoms with E-state index >= 15 is 0 Å². The van der Waals surface area contributed by atoms with Crippen LogP contribution in [0.1, 0.15) is 64.2 Å². The van der Waals surface area contributed by atoms with E-state index < -0.39 is 11.9 Å². The number of hydrogen-bond acceptors (Lipinski definition) is 9. The highest BCUT2D eigenvalue weighted by atomic mass is 19.1. The molecule has 43 heavy (non-hydrogen) atoms. The number of hydrogen-bond donors (Lipinski definition) is 3. The molecule has 1 spiro atoms. The van der Waals surface area contributed by atoms with Gasteiger partial charge in [-0.15, -0.1) is 10.2 Å². The zero-order valence-electron chi connectivity index (χ0n) is 26.1. The zero-order valence-corrected chi connectivity index (χ0v) is 26.1. The second-order valence-electron chi connectivity index (χ2n) is 12.2. The summed E-state index contributed by atoms with van der Waals surface area (Å²) in [7, 11) is 1.72. The minimum Gasteiger partial charge on any atom is -0.465 e. The zero-order chi connectivity index (χ0) is 31.3. The first-order valence-corrected chi connectivity index (χ1v) is 15.1. The molecule has 1 aromatic heterocycles. The molecule has 1 unspecified atom stereocenters. The van der Waals surface area contributed by atoms with E-state index in [2.05, 4.69) is 49.5 Å². The Morgan fingerprint density at radius 3 is 2.56 bits per heavy atom. The molecule has 4 rings (SSSR count). The summed E-state index contributed by atoms with van der Waals surface area (Å²) in [4.78, 5) is 35.2. The van der Waals surface area contributed by atoms with Crippen molar-refractivity contribution in [2.24, 2.45) is 11.3 Å². The lowest BCUT2D eigenvalue weighted by Gasteiger charge is -2.53. The highest BCUT2D eigenvalue weighted by Crippen LogP contribution is 2.45. The fourth-order valence-corrected chi connectivity index (χ4v) is 6.31. The van der Waals surface area contributed by atoms with Gasteiger partial charge in [0, 0.05) is 63.8 Å². The molecule has 12 nitrogen and oxygen atoms in total. The Morgan fingerprint density at radius 2 is 1.93 bits per heavy atom. The van der Waals surface area contributed by atoms with Gasteiger partial charge in [-0.25, -0.2) is 9.18 Å². The molecule has 0 bridgehead atoms. The average Bonchev–Trinajstić information content (AvgIpc) is 3.39. The predicted molar refractivity (Wildman–Crippen MR) is 162 cm³/mol. The van der Waals surface area contributed by atoms with Crippen molar-refractivity contribution < 1.29 is 23.8 Å². The Kier molecular flexibility index (Phi) is 10.3. The Morgan fingerprint density at radius 1 is 1.19 bits per heavy atom. The molecule has 3 heterocycles. The molecule has 2 aliphatic heterocycles. The average molecular weight is 601 g/mol. The minimum atomic E-state index is -0.986. The van der Waals surface area contributed by atoms with Gasteiger partial charge in [-0.3, -0.25) is 9.69 Å². The lowest BCUT2D eigenvalue weighted by Crippen LogP contribution is -2.62. The van der Waals surface area contributed by atoms with Crippen LogP contribution in [0.3, 0.4) is 0 Å². The molecule has 0 saturated carbocycles. The number of aromatic nitrogens is 3. The summed E-state index contributed by atoms with van der Waals surface area (Å²) in [6, 6.07) is 4.22. The Hall–Kier alpha value is -3.74. The third-order valence-corrected chi connectivity index (χ3v) is 8.47. The second-order valence-corrected chi connectivity index (χ2v) is 12.2. The first-order valence-electron chi connectivity index (χ1n) is 15.1. The van der Waals surface area contributed by atoms with Crippen LogP contribution in [-0.4, -0.2) is 100 Å². The van der Waals surface area contributed by atoms with Crippen molar-refractivity contribution in [3.05, 3.63) is 29.6 Å². The van der Waals surface area contributed by atoms with Crippen molar-refractivity contribution in [3.63, 3.8) is 0 Å². The maximum Gasteiger partial charge on any atom is 0.404 e. The number of halogens is 1. The summed E-state index contributed by atoms with van der Waals surface area (Å²) in [6.07, 6.45) is 1.72. The fraction of sp³-hybridized carbons (Fsp3) is 0.633. The smallest absolute Gasteiger partial charge is 0.404 e. The monoisotopic (exact) mass is 600 g/mol. The van der Waals surface area contributed by atoms with Gasteiger partial charge in [0.2, 0.25) is 5.95 Å². The summed E-state index contributed by atoms with van der Waals surface area (Å²) in [5.74, 6) is 0.826. The van der Waals surface area contributed by atoms with Crippen LogP contribution >= 0.6 is 0 Å². The van der Waals surface area contributed by atoms with Crippen LogP contribution in [0.15, 0.2) is 18.2 Å². The van der Waals surface area contributed by atoms with E-state index in [0.717, 1.165) is 45.4 Å². The molecule has 2 amide bonds. The number of amides is 2. The molecule has 0 aliphatic carbocycles. The van der Waals surface area contributed by atoms with Crippen LogP contribution in [0, 0.1) is 17.2 Å². The summed E-state index contributed by atoms with van der Waals surface area (Å²) in [6.45, 7) is 14.5. The molecular weight excluding hydrogens is 555 g/mol. The maximum atomic E-state index is 14.3. The van der Waals surface area contributed by atoms with Gasteiger partial charge in [0.15, 0.2) is 5.82 Å². The van der Waals surface area contributed by atoms with Crippen LogP contribution < -0.4 is 20.3 Å².